The number of para-hydroxylation sites is 1. The van der Waals surface area contributed by atoms with Gasteiger partial charge >= 0.3 is 0 Å². The van der Waals surface area contributed by atoms with Crippen LogP contribution in [0.1, 0.15) is 10.4 Å². The van der Waals surface area contributed by atoms with Gasteiger partial charge in [-0.2, -0.15) is 4.98 Å². The van der Waals surface area contributed by atoms with Crippen LogP contribution in [0, 0.1) is 5.82 Å². The molecule has 5 nitrogen and oxygen atoms in total. The van der Waals surface area contributed by atoms with E-state index in [1.807, 2.05) is 0 Å². The molecule has 0 aliphatic rings. The number of hydrogen-bond acceptors (Lipinski definition) is 4. The van der Waals surface area contributed by atoms with Crippen molar-refractivity contribution in [1.29, 1.82) is 0 Å². The first-order valence-corrected chi connectivity index (χ1v) is 8.74. The van der Waals surface area contributed by atoms with E-state index in [1.165, 1.54) is 24.3 Å². The summed E-state index contributed by atoms with van der Waals surface area (Å²) < 4.78 is 18.4. The number of nitrogens with zero attached hydrogens (tertiary/aromatic N) is 2. The van der Waals surface area contributed by atoms with E-state index in [1.54, 1.807) is 48.5 Å². The highest BCUT2D eigenvalue weighted by Crippen LogP contribution is 2.29. The lowest BCUT2D eigenvalue weighted by molar-refractivity contribution is 0.102. The van der Waals surface area contributed by atoms with Crippen LogP contribution in [-0.4, -0.2) is 16.0 Å². The van der Waals surface area contributed by atoms with E-state index in [2.05, 4.69) is 15.5 Å². The van der Waals surface area contributed by atoms with Crippen LogP contribution < -0.4 is 5.32 Å². The van der Waals surface area contributed by atoms with Gasteiger partial charge in [0.2, 0.25) is 5.82 Å². The molecule has 28 heavy (non-hydrogen) atoms. The van der Waals surface area contributed by atoms with Crippen LogP contribution in [0.5, 0.6) is 0 Å². The fourth-order valence-electron chi connectivity index (χ4n) is 2.62. The summed E-state index contributed by atoms with van der Waals surface area (Å²) in [5.74, 6) is -0.103. The Kier molecular flexibility index (Phi) is 4.87. The van der Waals surface area contributed by atoms with Gasteiger partial charge in [-0.3, -0.25) is 4.79 Å². The molecule has 0 saturated carbocycles. The first-order valence-electron chi connectivity index (χ1n) is 8.36. The Hall–Kier alpha value is -3.51. The van der Waals surface area contributed by atoms with Crippen LogP contribution in [0.3, 0.4) is 0 Å². The lowest BCUT2D eigenvalue weighted by Crippen LogP contribution is -2.12. The van der Waals surface area contributed by atoms with E-state index in [4.69, 9.17) is 16.1 Å². The van der Waals surface area contributed by atoms with Crippen LogP contribution in [0.4, 0.5) is 10.1 Å². The maximum atomic E-state index is 13.1. The SMILES string of the molecule is O=C(Nc1ccccc1-c1nc(-c2ccc(Cl)cc2)no1)c1ccc(F)cc1. The second-order valence-corrected chi connectivity index (χ2v) is 6.37. The van der Waals surface area contributed by atoms with E-state index >= 15 is 0 Å². The van der Waals surface area contributed by atoms with Crippen molar-refractivity contribution < 1.29 is 13.7 Å². The number of halogens is 2. The third-order valence-electron chi connectivity index (χ3n) is 4.04. The van der Waals surface area contributed by atoms with Gasteiger partial charge in [0.25, 0.3) is 11.8 Å². The second-order valence-electron chi connectivity index (χ2n) is 5.94. The summed E-state index contributed by atoms with van der Waals surface area (Å²) in [6, 6.07) is 19.4. The quantitative estimate of drug-likeness (QED) is 0.500. The number of anilines is 1. The zero-order valence-electron chi connectivity index (χ0n) is 14.4. The van der Waals surface area contributed by atoms with Crippen molar-refractivity contribution in [3.05, 3.63) is 89.2 Å². The molecule has 1 aromatic heterocycles. The standard InChI is InChI=1S/C21H13ClFN3O2/c22-15-9-5-13(6-10-15)19-25-21(28-26-19)17-3-1-2-4-18(17)24-20(27)14-7-11-16(23)12-8-14/h1-12H,(H,24,27). The fraction of sp³-hybridized carbons (Fsp3) is 0. The normalized spacial score (nSPS) is 10.6. The average molecular weight is 394 g/mol. The van der Waals surface area contributed by atoms with Crippen LogP contribution in [0.15, 0.2) is 77.3 Å². The molecule has 0 spiro atoms. The molecule has 3 aromatic carbocycles. The molecule has 4 rings (SSSR count). The largest absolute Gasteiger partial charge is 0.334 e. The van der Waals surface area contributed by atoms with Gasteiger partial charge in [-0.15, -0.1) is 0 Å². The maximum Gasteiger partial charge on any atom is 0.260 e. The number of carbonyl (C=O) groups is 1. The van der Waals surface area contributed by atoms with E-state index in [-0.39, 0.29) is 11.8 Å². The molecule has 1 N–H and O–H groups in total. The second kappa shape index (κ2) is 7.62. The van der Waals surface area contributed by atoms with Crippen molar-refractivity contribution in [2.75, 3.05) is 5.32 Å². The first-order chi connectivity index (χ1) is 13.6. The van der Waals surface area contributed by atoms with Gasteiger partial charge in [-0.1, -0.05) is 28.9 Å². The third-order valence-corrected chi connectivity index (χ3v) is 4.29. The Labute approximate surface area is 164 Å². The number of hydrogen-bond donors (Lipinski definition) is 1. The van der Waals surface area contributed by atoms with Gasteiger partial charge in [0, 0.05) is 16.1 Å². The number of amides is 1. The van der Waals surface area contributed by atoms with Crippen LogP contribution in [0.2, 0.25) is 5.02 Å². The van der Waals surface area contributed by atoms with Crippen LogP contribution in [-0.2, 0) is 0 Å². The van der Waals surface area contributed by atoms with Gasteiger partial charge in [0.15, 0.2) is 0 Å². The summed E-state index contributed by atoms with van der Waals surface area (Å²) in [7, 11) is 0. The monoisotopic (exact) mass is 393 g/mol. The molecule has 0 aliphatic heterocycles. The Bertz CT molecular complexity index is 1130. The number of benzene rings is 3. The first kappa shape index (κ1) is 17.9. The minimum atomic E-state index is -0.405. The summed E-state index contributed by atoms with van der Waals surface area (Å²) in [5.41, 5.74) is 2.17. The molecule has 0 atom stereocenters. The predicted octanol–water partition coefficient (Wildman–Crippen LogP) is 5.45. The molecule has 138 valence electrons. The summed E-state index contributed by atoms with van der Waals surface area (Å²) >= 11 is 5.90. The Morgan fingerprint density at radius 1 is 0.964 bits per heavy atom. The molecule has 4 aromatic rings. The molecule has 7 heteroatoms. The topological polar surface area (TPSA) is 68.0 Å². The molecule has 0 radical (unpaired) electrons. The van der Waals surface area contributed by atoms with Crippen molar-refractivity contribution >= 4 is 23.2 Å². The van der Waals surface area contributed by atoms with Crippen molar-refractivity contribution in [1.82, 2.24) is 10.1 Å². The van der Waals surface area contributed by atoms with Gasteiger partial charge in [0.1, 0.15) is 5.82 Å². The third kappa shape index (κ3) is 3.77. The molecular weight excluding hydrogens is 381 g/mol. The highest BCUT2D eigenvalue weighted by Gasteiger charge is 2.16. The van der Waals surface area contributed by atoms with Crippen molar-refractivity contribution in [2.24, 2.45) is 0 Å². The summed E-state index contributed by atoms with van der Waals surface area (Å²) in [4.78, 5) is 16.9. The Morgan fingerprint density at radius 2 is 1.68 bits per heavy atom. The molecular formula is C21H13ClFN3O2. The zero-order chi connectivity index (χ0) is 19.5. The average Bonchev–Trinajstić information content (AvgIpc) is 3.19. The summed E-state index contributed by atoms with van der Waals surface area (Å²) in [5, 5.41) is 7.40. The van der Waals surface area contributed by atoms with E-state index in [9.17, 15) is 9.18 Å². The molecule has 1 heterocycles. The molecule has 0 fully saturated rings. The van der Waals surface area contributed by atoms with Gasteiger partial charge in [0.05, 0.1) is 11.3 Å². The molecule has 0 saturated heterocycles. The summed E-state index contributed by atoms with van der Waals surface area (Å²) in [6.45, 7) is 0. The van der Waals surface area contributed by atoms with Gasteiger partial charge < -0.3 is 9.84 Å². The number of rotatable bonds is 4. The van der Waals surface area contributed by atoms with Crippen LogP contribution in [0.25, 0.3) is 22.8 Å². The number of nitrogens with one attached hydrogen (secondary N) is 1. The molecule has 0 unspecified atom stereocenters. The lowest BCUT2D eigenvalue weighted by Gasteiger charge is -2.08. The smallest absolute Gasteiger partial charge is 0.260 e. The number of carbonyl (C=O) groups excluding carboxylic acids is 1. The summed E-state index contributed by atoms with van der Waals surface area (Å²) in [6.07, 6.45) is 0. The highest BCUT2D eigenvalue weighted by atomic mass is 35.5. The van der Waals surface area contributed by atoms with E-state index < -0.39 is 5.82 Å². The lowest BCUT2D eigenvalue weighted by atomic mass is 10.1. The predicted molar refractivity (Wildman–Crippen MR) is 105 cm³/mol. The molecule has 0 aliphatic carbocycles. The Balaban J connectivity index is 1.62. The molecule has 0 bridgehead atoms. The van der Waals surface area contributed by atoms with Crippen molar-refractivity contribution in [3.63, 3.8) is 0 Å². The minimum absolute atomic E-state index is 0.264. The van der Waals surface area contributed by atoms with E-state index in [0.717, 1.165) is 5.56 Å². The fourth-order valence-corrected chi connectivity index (χ4v) is 2.75. The maximum absolute atomic E-state index is 13.1. The van der Waals surface area contributed by atoms with E-state index in [0.29, 0.717) is 27.7 Å². The Morgan fingerprint density at radius 3 is 2.43 bits per heavy atom. The van der Waals surface area contributed by atoms with Gasteiger partial charge in [-0.25, -0.2) is 4.39 Å². The minimum Gasteiger partial charge on any atom is -0.334 e. The number of aromatic nitrogens is 2. The zero-order valence-corrected chi connectivity index (χ0v) is 15.2. The van der Waals surface area contributed by atoms with Gasteiger partial charge in [-0.05, 0) is 60.7 Å². The highest BCUT2D eigenvalue weighted by molar-refractivity contribution is 6.30. The van der Waals surface area contributed by atoms with Crippen molar-refractivity contribution in [2.45, 2.75) is 0 Å². The van der Waals surface area contributed by atoms with Crippen molar-refractivity contribution in [3.8, 4) is 22.8 Å². The van der Waals surface area contributed by atoms with Crippen LogP contribution >= 0.6 is 11.6 Å². The molecule has 1 amide bonds.